The Morgan fingerprint density at radius 2 is 2.40 bits per heavy atom. The third-order valence-electron chi connectivity index (χ3n) is 1.57. The van der Waals surface area contributed by atoms with E-state index in [0.29, 0.717) is 13.2 Å². The van der Waals surface area contributed by atoms with Gasteiger partial charge in [0.05, 0.1) is 12.4 Å². The van der Waals surface area contributed by atoms with Crippen LogP contribution in [0.15, 0.2) is 11.8 Å². The van der Waals surface area contributed by atoms with Gasteiger partial charge < -0.3 is 9.47 Å². The molecule has 0 bridgehead atoms. The largest absolute Gasteiger partial charge is 0.496 e. The van der Waals surface area contributed by atoms with E-state index < -0.39 is 0 Å². The van der Waals surface area contributed by atoms with Crippen LogP contribution >= 0.6 is 0 Å². The molecule has 0 aromatic heterocycles. The van der Waals surface area contributed by atoms with Crippen molar-refractivity contribution in [2.75, 3.05) is 20.3 Å². The molecule has 0 saturated carbocycles. The fraction of sp³-hybridized carbons (Fsp3) is 0.750. The van der Waals surface area contributed by atoms with Crippen LogP contribution in [0.4, 0.5) is 0 Å². The lowest BCUT2D eigenvalue weighted by atomic mass is 10.4. The van der Waals surface area contributed by atoms with Gasteiger partial charge in [-0.1, -0.05) is 0 Å². The summed E-state index contributed by atoms with van der Waals surface area (Å²) in [6, 6.07) is 0. The summed E-state index contributed by atoms with van der Waals surface area (Å²) in [6.07, 6.45) is 5.71. The van der Waals surface area contributed by atoms with Crippen molar-refractivity contribution >= 4 is 0 Å². The number of rotatable bonds is 4. The topological polar surface area (TPSA) is 18.5 Å². The minimum Gasteiger partial charge on any atom is -0.496 e. The summed E-state index contributed by atoms with van der Waals surface area (Å²) in [5.74, 6) is 1.15. The summed E-state index contributed by atoms with van der Waals surface area (Å²) in [5, 5.41) is 0. The van der Waals surface area contributed by atoms with Gasteiger partial charge in [-0.15, -0.1) is 0 Å². The van der Waals surface area contributed by atoms with Crippen LogP contribution in [-0.2, 0) is 9.47 Å². The minimum atomic E-state index is 0.692. The van der Waals surface area contributed by atoms with Crippen molar-refractivity contribution in [3.63, 3.8) is 0 Å². The first-order valence-corrected chi connectivity index (χ1v) is 3.74. The van der Waals surface area contributed by atoms with Crippen LogP contribution in [0.25, 0.3) is 0 Å². The predicted octanol–water partition coefficient (Wildman–Crippen LogP) is 1.72. The van der Waals surface area contributed by atoms with Crippen molar-refractivity contribution in [3.8, 4) is 0 Å². The highest BCUT2D eigenvalue weighted by Gasteiger charge is 2.03. The Morgan fingerprint density at radius 3 is 3.00 bits per heavy atom. The highest BCUT2D eigenvalue weighted by atomic mass is 16.5. The van der Waals surface area contributed by atoms with Gasteiger partial charge in [0.1, 0.15) is 6.61 Å². The lowest BCUT2D eigenvalue weighted by Gasteiger charge is -2.04. The Labute approximate surface area is 61.8 Å². The molecule has 1 aliphatic carbocycles. The molecule has 0 aliphatic heterocycles. The van der Waals surface area contributed by atoms with Crippen LogP contribution in [0.5, 0.6) is 0 Å². The zero-order valence-corrected chi connectivity index (χ0v) is 6.43. The van der Waals surface area contributed by atoms with E-state index in [2.05, 4.69) is 6.08 Å². The maximum atomic E-state index is 5.38. The molecular formula is C8H14O2. The van der Waals surface area contributed by atoms with Gasteiger partial charge in [0, 0.05) is 13.5 Å². The molecule has 10 heavy (non-hydrogen) atoms. The Morgan fingerprint density at radius 1 is 1.50 bits per heavy atom. The number of methoxy groups -OCH3 is 1. The molecule has 0 amide bonds. The molecule has 58 valence electrons. The first-order chi connectivity index (χ1) is 4.93. The summed E-state index contributed by atoms with van der Waals surface area (Å²) in [4.78, 5) is 0. The first kappa shape index (κ1) is 7.61. The van der Waals surface area contributed by atoms with Gasteiger partial charge in [-0.2, -0.15) is 0 Å². The Bertz CT molecular complexity index is 118. The van der Waals surface area contributed by atoms with Crippen molar-refractivity contribution in [1.82, 2.24) is 0 Å². The van der Waals surface area contributed by atoms with E-state index in [1.54, 1.807) is 7.11 Å². The van der Waals surface area contributed by atoms with Crippen molar-refractivity contribution in [2.45, 2.75) is 19.3 Å². The van der Waals surface area contributed by atoms with Crippen LogP contribution in [0.1, 0.15) is 19.3 Å². The van der Waals surface area contributed by atoms with Gasteiger partial charge in [-0.05, 0) is 18.9 Å². The van der Waals surface area contributed by atoms with Crippen molar-refractivity contribution in [2.24, 2.45) is 0 Å². The maximum absolute atomic E-state index is 5.38. The van der Waals surface area contributed by atoms with Crippen LogP contribution in [-0.4, -0.2) is 20.3 Å². The third-order valence-corrected chi connectivity index (χ3v) is 1.57. The fourth-order valence-corrected chi connectivity index (χ4v) is 1.03. The summed E-state index contributed by atoms with van der Waals surface area (Å²) >= 11 is 0. The number of allylic oxidation sites excluding steroid dienone is 2. The molecular weight excluding hydrogens is 128 g/mol. The van der Waals surface area contributed by atoms with Crippen LogP contribution in [0.3, 0.4) is 0 Å². The molecule has 2 heteroatoms. The smallest absolute Gasteiger partial charge is 0.111 e. The normalized spacial score (nSPS) is 17.1. The first-order valence-electron chi connectivity index (χ1n) is 3.74. The van der Waals surface area contributed by atoms with Crippen LogP contribution < -0.4 is 0 Å². The van der Waals surface area contributed by atoms with Gasteiger partial charge in [-0.25, -0.2) is 0 Å². The standard InChI is InChI=1S/C8H14O2/c1-9-6-7-10-8-4-2-3-5-8/h4H,2-3,5-7H2,1H3. The lowest BCUT2D eigenvalue weighted by molar-refractivity contribution is 0.107. The highest BCUT2D eigenvalue weighted by Crippen LogP contribution is 2.17. The average Bonchev–Trinajstić information content (AvgIpc) is 2.41. The molecule has 2 nitrogen and oxygen atoms in total. The molecule has 0 atom stereocenters. The van der Waals surface area contributed by atoms with Gasteiger partial charge in [0.25, 0.3) is 0 Å². The Hall–Kier alpha value is -0.500. The zero-order valence-electron chi connectivity index (χ0n) is 6.43. The van der Waals surface area contributed by atoms with E-state index in [4.69, 9.17) is 9.47 Å². The predicted molar refractivity (Wildman–Crippen MR) is 39.8 cm³/mol. The van der Waals surface area contributed by atoms with Crippen molar-refractivity contribution in [3.05, 3.63) is 11.8 Å². The summed E-state index contributed by atoms with van der Waals surface area (Å²) in [7, 11) is 1.69. The van der Waals surface area contributed by atoms with E-state index in [1.165, 1.54) is 12.8 Å². The molecule has 0 N–H and O–H groups in total. The zero-order chi connectivity index (χ0) is 7.23. The van der Waals surface area contributed by atoms with Crippen molar-refractivity contribution < 1.29 is 9.47 Å². The summed E-state index contributed by atoms with van der Waals surface area (Å²) < 4.78 is 10.2. The minimum absolute atomic E-state index is 0.692. The average molecular weight is 142 g/mol. The summed E-state index contributed by atoms with van der Waals surface area (Å²) in [6.45, 7) is 1.39. The van der Waals surface area contributed by atoms with Gasteiger partial charge in [0.2, 0.25) is 0 Å². The van der Waals surface area contributed by atoms with E-state index in [1.807, 2.05) is 0 Å². The molecule has 0 saturated heterocycles. The SMILES string of the molecule is COCCOC1=CCCC1. The Kier molecular flexibility index (Phi) is 3.30. The molecule has 0 radical (unpaired) electrons. The van der Waals surface area contributed by atoms with Crippen LogP contribution in [0.2, 0.25) is 0 Å². The van der Waals surface area contributed by atoms with Gasteiger partial charge in [0.15, 0.2) is 0 Å². The van der Waals surface area contributed by atoms with E-state index >= 15 is 0 Å². The van der Waals surface area contributed by atoms with Gasteiger partial charge in [-0.3, -0.25) is 0 Å². The number of hydrogen-bond acceptors (Lipinski definition) is 2. The third kappa shape index (κ3) is 2.40. The molecule has 0 spiro atoms. The second-order valence-corrected chi connectivity index (χ2v) is 2.40. The number of hydrogen-bond donors (Lipinski definition) is 0. The Balaban J connectivity index is 2.01. The molecule has 0 fully saturated rings. The second-order valence-electron chi connectivity index (χ2n) is 2.40. The summed E-state index contributed by atoms with van der Waals surface area (Å²) in [5.41, 5.74) is 0. The number of ether oxygens (including phenoxy) is 2. The van der Waals surface area contributed by atoms with Crippen LogP contribution in [0, 0.1) is 0 Å². The molecule has 0 heterocycles. The molecule has 1 aliphatic rings. The molecule has 0 unspecified atom stereocenters. The van der Waals surface area contributed by atoms with E-state index in [0.717, 1.165) is 12.2 Å². The quantitative estimate of drug-likeness (QED) is 0.556. The highest BCUT2D eigenvalue weighted by molar-refractivity contribution is 4.99. The molecule has 0 aromatic rings. The molecule has 1 rings (SSSR count). The van der Waals surface area contributed by atoms with E-state index in [-0.39, 0.29) is 0 Å². The fourth-order valence-electron chi connectivity index (χ4n) is 1.03. The second kappa shape index (κ2) is 4.34. The van der Waals surface area contributed by atoms with Crippen molar-refractivity contribution in [1.29, 1.82) is 0 Å². The molecule has 0 aromatic carbocycles. The lowest BCUT2D eigenvalue weighted by Crippen LogP contribution is -2.00. The van der Waals surface area contributed by atoms with E-state index in [9.17, 15) is 0 Å². The maximum Gasteiger partial charge on any atom is 0.111 e. The monoisotopic (exact) mass is 142 g/mol. The van der Waals surface area contributed by atoms with Gasteiger partial charge >= 0.3 is 0 Å².